The Balaban J connectivity index is 1.96. The van der Waals surface area contributed by atoms with Gasteiger partial charge in [-0.1, -0.05) is 30.3 Å². The summed E-state index contributed by atoms with van der Waals surface area (Å²) < 4.78 is 5.32. The summed E-state index contributed by atoms with van der Waals surface area (Å²) in [5, 5.41) is 0. The average molecular weight is 246 g/mol. The molecule has 0 aromatic heterocycles. The molecule has 1 saturated heterocycles. The maximum absolute atomic E-state index is 11.5. The molecule has 1 aliphatic rings. The standard InChI is InChI=1S/C15H18O3/c1-11(16)13-8-10-15(17)18-14(13)9-7-12-5-3-2-4-6-12/h2-6,13-14H,7-10H2,1H3/t13-,14-/m0/s1. The van der Waals surface area contributed by atoms with Crippen LogP contribution in [0.15, 0.2) is 30.3 Å². The quantitative estimate of drug-likeness (QED) is 0.767. The van der Waals surface area contributed by atoms with Gasteiger partial charge in [0.15, 0.2) is 0 Å². The normalized spacial score (nSPS) is 23.5. The van der Waals surface area contributed by atoms with Crippen molar-refractivity contribution in [3.63, 3.8) is 0 Å². The van der Waals surface area contributed by atoms with E-state index >= 15 is 0 Å². The summed E-state index contributed by atoms with van der Waals surface area (Å²) in [6.07, 6.45) is 2.31. The van der Waals surface area contributed by atoms with Crippen molar-refractivity contribution < 1.29 is 14.3 Å². The molecule has 1 aromatic rings. The topological polar surface area (TPSA) is 43.4 Å². The van der Waals surface area contributed by atoms with Gasteiger partial charge in [0.2, 0.25) is 0 Å². The van der Waals surface area contributed by atoms with Crippen molar-refractivity contribution >= 4 is 11.8 Å². The van der Waals surface area contributed by atoms with Gasteiger partial charge in [-0.2, -0.15) is 0 Å². The number of carbonyl (C=O) groups is 2. The Hall–Kier alpha value is -1.64. The molecule has 0 radical (unpaired) electrons. The van der Waals surface area contributed by atoms with Crippen LogP contribution >= 0.6 is 0 Å². The zero-order valence-corrected chi connectivity index (χ0v) is 10.6. The highest BCUT2D eigenvalue weighted by molar-refractivity contribution is 5.81. The van der Waals surface area contributed by atoms with Crippen LogP contribution in [0, 0.1) is 5.92 Å². The van der Waals surface area contributed by atoms with Crippen molar-refractivity contribution in [1.82, 2.24) is 0 Å². The SMILES string of the molecule is CC(=O)[C@@H]1CCC(=O)O[C@H]1CCc1ccccc1. The summed E-state index contributed by atoms with van der Waals surface area (Å²) in [6.45, 7) is 1.58. The Morgan fingerprint density at radius 2 is 2.06 bits per heavy atom. The third-order valence-electron chi connectivity index (χ3n) is 3.47. The molecule has 3 nitrogen and oxygen atoms in total. The van der Waals surface area contributed by atoms with Crippen LogP contribution in [0.2, 0.25) is 0 Å². The Kier molecular flexibility index (Phi) is 4.13. The van der Waals surface area contributed by atoms with Gasteiger partial charge in [-0.15, -0.1) is 0 Å². The zero-order chi connectivity index (χ0) is 13.0. The number of hydrogen-bond donors (Lipinski definition) is 0. The summed E-state index contributed by atoms with van der Waals surface area (Å²) in [7, 11) is 0. The predicted molar refractivity (Wildman–Crippen MR) is 68.0 cm³/mol. The van der Waals surface area contributed by atoms with E-state index in [9.17, 15) is 9.59 Å². The van der Waals surface area contributed by atoms with Gasteiger partial charge < -0.3 is 4.74 Å². The number of aryl methyl sites for hydroxylation is 1. The summed E-state index contributed by atoms with van der Waals surface area (Å²) in [5.74, 6) is -0.169. The first-order valence-electron chi connectivity index (χ1n) is 6.40. The van der Waals surface area contributed by atoms with E-state index in [2.05, 4.69) is 0 Å². The van der Waals surface area contributed by atoms with Crippen molar-refractivity contribution in [3.05, 3.63) is 35.9 Å². The molecule has 2 rings (SSSR count). The highest BCUT2D eigenvalue weighted by atomic mass is 16.5. The van der Waals surface area contributed by atoms with Gasteiger partial charge in [-0.25, -0.2) is 0 Å². The van der Waals surface area contributed by atoms with Crippen LogP contribution in [-0.2, 0) is 20.7 Å². The highest BCUT2D eigenvalue weighted by Crippen LogP contribution is 2.26. The molecule has 1 aliphatic heterocycles. The summed E-state index contributed by atoms with van der Waals surface area (Å²) in [5.41, 5.74) is 1.21. The van der Waals surface area contributed by atoms with E-state index in [4.69, 9.17) is 4.74 Å². The molecule has 0 N–H and O–H groups in total. The van der Waals surface area contributed by atoms with E-state index in [0.717, 1.165) is 12.8 Å². The van der Waals surface area contributed by atoms with Crippen LogP contribution in [0.25, 0.3) is 0 Å². The molecule has 0 bridgehead atoms. The molecule has 1 fully saturated rings. The second kappa shape index (κ2) is 5.80. The number of ketones is 1. The lowest BCUT2D eigenvalue weighted by Crippen LogP contribution is -2.36. The van der Waals surface area contributed by atoms with Crippen LogP contribution in [0.4, 0.5) is 0 Å². The fourth-order valence-electron chi connectivity index (χ4n) is 2.45. The molecule has 0 unspecified atom stereocenters. The molecule has 0 spiro atoms. The van der Waals surface area contributed by atoms with E-state index in [0.29, 0.717) is 12.8 Å². The molecule has 1 heterocycles. The Morgan fingerprint density at radius 1 is 1.33 bits per heavy atom. The van der Waals surface area contributed by atoms with Crippen LogP contribution < -0.4 is 0 Å². The van der Waals surface area contributed by atoms with Crippen LogP contribution in [0.5, 0.6) is 0 Å². The summed E-state index contributed by atoms with van der Waals surface area (Å²) in [4.78, 5) is 22.9. The number of ether oxygens (including phenoxy) is 1. The fraction of sp³-hybridized carbons (Fsp3) is 0.467. The lowest BCUT2D eigenvalue weighted by atomic mass is 9.87. The van der Waals surface area contributed by atoms with Gasteiger partial charge in [0.25, 0.3) is 0 Å². The average Bonchev–Trinajstić information content (AvgIpc) is 2.37. The predicted octanol–water partition coefficient (Wildman–Crippen LogP) is 2.53. The molecule has 1 aromatic carbocycles. The van der Waals surface area contributed by atoms with Gasteiger partial charge in [-0.05, 0) is 31.7 Å². The Labute approximate surface area is 107 Å². The number of Topliss-reactive ketones (excluding diaryl/α,β-unsaturated/α-hetero) is 1. The van der Waals surface area contributed by atoms with E-state index in [1.807, 2.05) is 30.3 Å². The van der Waals surface area contributed by atoms with Crippen molar-refractivity contribution in [3.8, 4) is 0 Å². The smallest absolute Gasteiger partial charge is 0.306 e. The maximum atomic E-state index is 11.5. The second-order valence-corrected chi connectivity index (χ2v) is 4.81. The number of hydrogen-bond acceptors (Lipinski definition) is 3. The minimum Gasteiger partial charge on any atom is -0.462 e. The summed E-state index contributed by atoms with van der Waals surface area (Å²) in [6, 6.07) is 10.1. The van der Waals surface area contributed by atoms with Gasteiger partial charge in [0.05, 0.1) is 5.92 Å². The zero-order valence-electron chi connectivity index (χ0n) is 10.6. The molecule has 96 valence electrons. The molecule has 0 amide bonds. The van der Waals surface area contributed by atoms with Crippen molar-refractivity contribution in [2.75, 3.05) is 0 Å². The molecule has 2 atom stereocenters. The minimum absolute atomic E-state index is 0.119. The van der Waals surface area contributed by atoms with E-state index in [1.54, 1.807) is 6.92 Å². The van der Waals surface area contributed by atoms with E-state index < -0.39 is 0 Å². The fourth-order valence-corrected chi connectivity index (χ4v) is 2.45. The van der Waals surface area contributed by atoms with Crippen LogP contribution in [0.3, 0.4) is 0 Å². The molecule has 0 aliphatic carbocycles. The highest BCUT2D eigenvalue weighted by Gasteiger charge is 2.33. The Bertz CT molecular complexity index is 425. The lowest BCUT2D eigenvalue weighted by molar-refractivity contribution is -0.160. The molecule has 18 heavy (non-hydrogen) atoms. The number of cyclic esters (lactones) is 1. The first kappa shape index (κ1) is 12.8. The van der Waals surface area contributed by atoms with Gasteiger partial charge in [0.1, 0.15) is 11.9 Å². The first-order valence-corrected chi connectivity index (χ1v) is 6.40. The first-order chi connectivity index (χ1) is 8.66. The number of benzene rings is 1. The third kappa shape index (κ3) is 3.19. The largest absolute Gasteiger partial charge is 0.462 e. The monoisotopic (exact) mass is 246 g/mol. The Morgan fingerprint density at radius 3 is 2.72 bits per heavy atom. The maximum Gasteiger partial charge on any atom is 0.306 e. The molecule has 0 saturated carbocycles. The van der Waals surface area contributed by atoms with Crippen LogP contribution in [0.1, 0.15) is 31.7 Å². The number of carbonyl (C=O) groups excluding carboxylic acids is 2. The lowest BCUT2D eigenvalue weighted by Gasteiger charge is -2.29. The van der Waals surface area contributed by atoms with Crippen LogP contribution in [-0.4, -0.2) is 17.9 Å². The second-order valence-electron chi connectivity index (χ2n) is 4.81. The van der Waals surface area contributed by atoms with Crippen molar-refractivity contribution in [1.29, 1.82) is 0 Å². The van der Waals surface area contributed by atoms with Crippen molar-refractivity contribution in [2.45, 2.75) is 38.7 Å². The minimum atomic E-state index is -0.246. The molecular formula is C15H18O3. The number of esters is 1. The molecular weight excluding hydrogens is 228 g/mol. The summed E-state index contributed by atoms with van der Waals surface area (Å²) >= 11 is 0. The van der Waals surface area contributed by atoms with E-state index in [-0.39, 0.29) is 23.8 Å². The van der Waals surface area contributed by atoms with E-state index in [1.165, 1.54) is 5.56 Å². The number of rotatable bonds is 4. The van der Waals surface area contributed by atoms with Crippen molar-refractivity contribution in [2.24, 2.45) is 5.92 Å². The van der Waals surface area contributed by atoms with Gasteiger partial charge in [-0.3, -0.25) is 9.59 Å². The van der Waals surface area contributed by atoms with Gasteiger partial charge in [0, 0.05) is 6.42 Å². The third-order valence-corrected chi connectivity index (χ3v) is 3.47. The van der Waals surface area contributed by atoms with Gasteiger partial charge >= 0.3 is 5.97 Å². The molecule has 3 heteroatoms.